The first-order valence-corrected chi connectivity index (χ1v) is 7.56. The van der Waals surface area contributed by atoms with E-state index in [2.05, 4.69) is 19.3 Å². The monoisotopic (exact) mass is 239 g/mol. The fourth-order valence-electron chi connectivity index (χ4n) is 4.02. The molecule has 1 saturated carbocycles. The number of hydrogen-bond acceptors (Lipinski definition) is 2. The van der Waals surface area contributed by atoms with Gasteiger partial charge in [0.25, 0.3) is 0 Å². The molecule has 2 aliphatic rings. The Morgan fingerprint density at radius 3 is 2.41 bits per heavy atom. The van der Waals surface area contributed by atoms with E-state index in [0.717, 1.165) is 25.2 Å². The van der Waals surface area contributed by atoms with Gasteiger partial charge in [-0.15, -0.1) is 0 Å². The van der Waals surface area contributed by atoms with Gasteiger partial charge in [-0.25, -0.2) is 0 Å². The molecule has 1 saturated heterocycles. The van der Waals surface area contributed by atoms with Crippen LogP contribution in [0.2, 0.25) is 0 Å². The SMILES string of the molecule is CCC1(C(CC2CCOCC2)NC)CCCC1. The van der Waals surface area contributed by atoms with Crippen molar-refractivity contribution in [1.29, 1.82) is 0 Å². The summed E-state index contributed by atoms with van der Waals surface area (Å²) in [5, 5.41) is 3.64. The van der Waals surface area contributed by atoms with Gasteiger partial charge in [0.2, 0.25) is 0 Å². The Hall–Kier alpha value is -0.0800. The van der Waals surface area contributed by atoms with Gasteiger partial charge in [0.05, 0.1) is 0 Å². The predicted octanol–water partition coefficient (Wildman–Crippen LogP) is 3.36. The number of ether oxygens (including phenoxy) is 1. The highest BCUT2D eigenvalue weighted by Gasteiger charge is 2.39. The van der Waals surface area contributed by atoms with Crippen LogP contribution in [-0.4, -0.2) is 26.3 Å². The van der Waals surface area contributed by atoms with Crippen LogP contribution in [0.5, 0.6) is 0 Å². The Labute approximate surface area is 107 Å². The Morgan fingerprint density at radius 1 is 1.24 bits per heavy atom. The van der Waals surface area contributed by atoms with Crippen molar-refractivity contribution < 1.29 is 4.74 Å². The van der Waals surface area contributed by atoms with E-state index in [1.165, 1.54) is 51.4 Å². The first-order chi connectivity index (χ1) is 8.30. The molecule has 1 heterocycles. The van der Waals surface area contributed by atoms with Crippen molar-refractivity contribution in [2.24, 2.45) is 11.3 Å². The van der Waals surface area contributed by atoms with Crippen LogP contribution in [-0.2, 0) is 4.74 Å². The molecule has 1 atom stereocenters. The summed E-state index contributed by atoms with van der Waals surface area (Å²) in [4.78, 5) is 0. The lowest BCUT2D eigenvalue weighted by molar-refractivity contribution is 0.0507. The zero-order valence-corrected chi connectivity index (χ0v) is 11.6. The van der Waals surface area contributed by atoms with Crippen molar-refractivity contribution in [1.82, 2.24) is 5.32 Å². The first-order valence-electron chi connectivity index (χ1n) is 7.56. The van der Waals surface area contributed by atoms with Crippen molar-refractivity contribution in [2.75, 3.05) is 20.3 Å². The van der Waals surface area contributed by atoms with Gasteiger partial charge in [0, 0.05) is 19.3 Å². The molecule has 2 rings (SSSR count). The van der Waals surface area contributed by atoms with Crippen molar-refractivity contribution in [3.63, 3.8) is 0 Å². The highest BCUT2D eigenvalue weighted by Crippen LogP contribution is 2.45. The smallest absolute Gasteiger partial charge is 0.0468 e. The van der Waals surface area contributed by atoms with Gasteiger partial charge >= 0.3 is 0 Å². The summed E-state index contributed by atoms with van der Waals surface area (Å²) in [7, 11) is 2.17. The minimum atomic E-state index is 0.604. The van der Waals surface area contributed by atoms with E-state index in [9.17, 15) is 0 Å². The topological polar surface area (TPSA) is 21.3 Å². The maximum atomic E-state index is 5.47. The van der Waals surface area contributed by atoms with E-state index in [1.54, 1.807) is 0 Å². The molecule has 0 amide bonds. The van der Waals surface area contributed by atoms with Crippen LogP contribution in [0.3, 0.4) is 0 Å². The molecule has 0 radical (unpaired) electrons. The summed E-state index contributed by atoms with van der Waals surface area (Å²) in [6, 6.07) is 0.734. The number of nitrogens with one attached hydrogen (secondary N) is 1. The van der Waals surface area contributed by atoms with Crippen LogP contribution in [0, 0.1) is 11.3 Å². The molecule has 0 bridgehead atoms. The predicted molar refractivity (Wildman–Crippen MR) is 72.2 cm³/mol. The second-order valence-electron chi connectivity index (χ2n) is 6.06. The molecule has 100 valence electrons. The third kappa shape index (κ3) is 3.03. The van der Waals surface area contributed by atoms with Gasteiger partial charge in [-0.3, -0.25) is 0 Å². The molecule has 1 aliphatic heterocycles. The van der Waals surface area contributed by atoms with Crippen LogP contribution in [0.1, 0.15) is 58.3 Å². The number of rotatable bonds is 5. The average molecular weight is 239 g/mol. The Morgan fingerprint density at radius 2 is 1.88 bits per heavy atom. The Kier molecular flexibility index (Phi) is 4.87. The van der Waals surface area contributed by atoms with Crippen LogP contribution in [0.15, 0.2) is 0 Å². The van der Waals surface area contributed by atoms with E-state index in [-0.39, 0.29) is 0 Å². The van der Waals surface area contributed by atoms with Gasteiger partial charge in [-0.1, -0.05) is 19.8 Å². The summed E-state index contributed by atoms with van der Waals surface area (Å²) in [6.45, 7) is 4.36. The molecule has 17 heavy (non-hydrogen) atoms. The van der Waals surface area contributed by atoms with E-state index in [4.69, 9.17) is 4.74 Å². The molecule has 2 heteroatoms. The fourth-order valence-corrected chi connectivity index (χ4v) is 4.02. The molecule has 0 aromatic rings. The van der Waals surface area contributed by atoms with Gasteiger partial charge in [-0.2, -0.15) is 0 Å². The summed E-state index contributed by atoms with van der Waals surface area (Å²) in [5.74, 6) is 0.894. The van der Waals surface area contributed by atoms with Gasteiger partial charge in [-0.05, 0) is 56.9 Å². The highest BCUT2D eigenvalue weighted by atomic mass is 16.5. The van der Waals surface area contributed by atoms with Crippen molar-refractivity contribution in [3.05, 3.63) is 0 Å². The van der Waals surface area contributed by atoms with E-state index >= 15 is 0 Å². The van der Waals surface area contributed by atoms with Gasteiger partial charge in [0.1, 0.15) is 0 Å². The Bertz CT molecular complexity index is 217. The normalized spacial score (nSPS) is 27.2. The average Bonchev–Trinajstić information content (AvgIpc) is 2.87. The molecule has 1 unspecified atom stereocenters. The van der Waals surface area contributed by atoms with Gasteiger partial charge in [0.15, 0.2) is 0 Å². The van der Waals surface area contributed by atoms with Crippen LogP contribution in [0.25, 0.3) is 0 Å². The molecule has 0 aromatic heterocycles. The lowest BCUT2D eigenvalue weighted by Gasteiger charge is -2.39. The van der Waals surface area contributed by atoms with Crippen molar-refractivity contribution in [3.8, 4) is 0 Å². The molecule has 1 N–H and O–H groups in total. The minimum absolute atomic E-state index is 0.604. The molecule has 1 aliphatic carbocycles. The van der Waals surface area contributed by atoms with Crippen LogP contribution in [0.4, 0.5) is 0 Å². The summed E-state index contributed by atoms with van der Waals surface area (Å²) < 4.78 is 5.47. The molecule has 2 nitrogen and oxygen atoms in total. The fraction of sp³-hybridized carbons (Fsp3) is 1.00. The molecule has 0 aromatic carbocycles. The number of hydrogen-bond donors (Lipinski definition) is 1. The van der Waals surface area contributed by atoms with Crippen LogP contribution < -0.4 is 5.32 Å². The largest absolute Gasteiger partial charge is 0.381 e. The lowest BCUT2D eigenvalue weighted by Crippen LogP contribution is -2.43. The van der Waals surface area contributed by atoms with Gasteiger partial charge < -0.3 is 10.1 Å². The minimum Gasteiger partial charge on any atom is -0.381 e. The highest BCUT2D eigenvalue weighted by molar-refractivity contribution is 4.94. The molecular weight excluding hydrogens is 210 g/mol. The van der Waals surface area contributed by atoms with E-state index in [0.29, 0.717) is 5.41 Å². The van der Waals surface area contributed by atoms with E-state index < -0.39 is 0 Å². The zero-order chi connectivity index (χ0) is 12.1. The molecular formula is C15H29NO. The van der Waals surface area contributed by atoms with Crippen molar-refractivity contribution >= 4 is 0 Å². The van der Waals surface area contributed by atoms with Crippen molar-refractivity contribution in [2.45, 2.75) is 64.3 Å². The van der Waals surface area contributed by atoms with Crippen LogP contribution >= 0.6 is 0 Å². The Balaban J connectivity index is 1.94. The zero-order valence-electron chi connectivity index (χ0n) is 11.6. The lowest BCUT2D eigenvalue weighted by atomic mass is 9.72. The summed E-state index contributed by atoms with van der Waals surface area (Å²) in [6.07, 6.45) is 11.0. The quantitative estimate of drug-likeness (QED) is 0.794. The summed E-state index contributed by atoms with van der Waals surface area (Å²) >= 11 is 0. The molecule has 0 spiro atoms. The second kappa shape index (κ2) is 6.19. The maximum Gasteiger partial charge on any atom is 0.0468 e. The first kappa shape index (κ1) is 13.4. The third-order valence-electron chi connectivity index (χ3n) is 5.30. The maximum absolute atomic E-state index is 5.47. The molecule has 2 fully saturated rings. The van der Waals surface area contributed by atoms with E-state index in [1.807, 2.05) is 0 Å². The third-order valence-corrected chi connectivity index (χ3v) is 5.30. The second-order valence-corrected chi connectivity index (χ2v) is 6.06. The standard InChI is InChI=1S/C15H29NO/c1-3-15(8-4-5-9-15)14(16-2)12-13-6-10-17-11-7-13/h13-14,16H,3-12H2,1-2H3. The summed E-state index contributed by atoms with van der Waals surface area (Å²) in [5.41, 5.74) is 0.604.